The molecule has 3 nitrogen and oxygen atoms in total. The molecule has 1 spiro atoms. The lowest BCUT2D eigenvalue weighted by Crippen LogP contribution is -2.57. The van der Waals surface area contributed by atoms with Gasteiger partial charge in [0.1, 0.15) is 0 Å². The van der Waals surface area contributed by atoms with Crippen molar-refractivity contribution in [3.63, 3.8) is 0 Å². The van der Waals surface area contributed by atoms with Gasteiger partial charge in [0.25, 0.3) is 0 Å². The van der Waals surface area contributed by atoms with Crippen LogP contribution in [-0.2, 0) is 9.53 Å². The Morgan fingerprint density at radius 1 is 1.27 bits per heavy atom. The minimum absolute atomic E-state index is 0.0139. The van der Waals surface area contributed by atoms with Crippen LogP contribution in [0.25, 0.3) is 5.57 Å². The van der Waals surface area contributed by atoms with E-state index in [1.807, 2.05) is 12.1 Å². The third-order valence-corrected chi connectivity index (χ3v) is 7.95. The average Bonchev–Trinajstić information content (AvgIpc) is 2.99. The molecule has 0 aromatic heterocycles. The lowest BCUT2D eigenvalue weighted by atomic mass is 9.48. The highest BCUT2D eigenvalue weighted by Crippen LogP contribution is 2.74. The first-order valence-electron chi connectivity index (χ1n) is 9.80. The van der Waals surface area contributed by atoms with Crippen molar-refractivity contribution in [3.8, 4) is 6.07 Å². The maximum atomic E-state index is 13.3. The summed E-state index contributed by atoms with van der Waals surface area (Å²) in [7, 11) is 0. The summed E-state index contributed by atoms with van der Waals surface area (Å²) in [6.45, 7) is 4.36. The summed E-state index contributed by atoms with van der Waals surface area (Å²) in [5.41, 5.74) is 1.88. The Morgan fingerprint density at radius 2 is 2.04 bits per heavy atom. The van der Waals surface area contributed by atoms with Crippen molar-refractivity contribution < 1.29 is 9.53 Å². The zero-order chi connectivity index (χ0) is 18.2. The van der Waals surface area contributed by atoms with Crippen LogP contribution in [0.1, 0.15) is 51.5 Å². The zero-order valence-corrected chi connectivity index (χ0v) is 15.5. The summed E-state index contributed by atoms with van der Waals surface area (Å²) in [6.07, 6.45) is 6.32. The van der Waals surface area contributed by atoms with Gasteiger partial charge in [-0.15, -0.1) is 0 Å². The van der Waals surface area contributed by atoms with Crippen LogP contribution in [0.4, 0.5) is 0 Å². The van der Waals surface area contributed by atoms with Gasteiger partial charge in [-0.2, -0.15) is 5.26 Å². The third-order valence-electron chi connectivity index (χ3n) is 7.95. The van der Waals surface area contributed by atoms with E-state index in [-0.39, 0.29) is 28.8 Å². The summed E-state index contributed by atoms with van der Waals surface area (Å²) in [5, 5.41) is 9.16. The third kappa shape index (κ3) is 1.84. The van der Waals surface area contributed by atoms with E-state index in [0.29, 0.717) is 18.8 Å². The quantitative estimate of drug-likeness (QED) is 0.807. The Morgan fingerprint density at radius 3 is 2.73 bits per heavy atom. The smallest absolute Gasteiger partial charge is 0.162 e. The minimum atomic E-state index is -0.491. The normalized spacial score (nSPS) is 45.3. The largest absolute Gasteiger partial charge is 0.371 e. The topological polar surface area (TPSA) is 50.1 Å². The lowest BCUT2D eigenvalue weighted by Gasteiger charge is -2.57. The Bertz CT molecular complexity index is 853. The molecule has 6 unspecified atom stereocenters. The first-order chi connectivity index (χ1) is 12.4. The van der Waals surface area contributed by atoms with E-state index in [2.05, 4.69) is 44.2 Å². The number of allylic oxidation sites excluding steroid dienone is 2. The molecule has 1 aromatic rings. The fraction of sp³-hybridized carbons (Fsp3) is 0.565. The number of ether oxygens (including phenoxy) is 1. The maximum Gasteiger partial charge on any atom is 0.162 e. The number of hydrogen-bond acceptors (Lipinski definition) is 3. The number of hydrogen-bond donors (Lipinski definition) is 0. The number of nitrogens with zero attached hydrogens (tertiary/aromatic N) is 1. The van der Waals surface area contributed by atoms with Crippen molar-refractivity contribution in [2.45, 2.75) is 57.7 Å². The molecular formula is C23H25NO2. The SMILES string of the molecule is CC12CC34CC1CC(O2)C3C(C)(CCC#N)C(=O)C=C4c1ccccc1. The minimum Gasteiger partial charge on any atom is -0.371 e. The zero-order valence-electron chi connectivity index (χ0n) is 15.5. The molecule has 3 aliphatic carbocycles. The first-order valence-corrected chi connectivity index (χ1v) is 9.80. The van der Waals surface area contributed by atoms with Crippen molar-refractivity contribution in [1.82, 2.24) is 0 Å². The highest BCUT2D eigenvalue weighted by Gasteiger charge is 2.73. The predicted molar refractivity (Wildman–Crippen MR) is 98.9 cm³/mol. The highest BCUT2D eigenvalue weighted by atomic mass is 16.5. The van der Waals surface area contributed by atoms with Crippen LogP contribution in [0, 0.1) is 34.0 Å². The van der Waals surface area contributed by atoms with Crippen LogP contribution >= 0.6 is 0 Å². The molecule has 2 heterocycles. The standard InChI is InChI=1S/C23H25NO2/c1-21(9-6-10-24)19(25)12-17(15-7-4-3-5-8-15)23-13-16-11-18(20(21)23)26-22(16,2)14-23/h3-5,7-8,12,16,18,20H,6,9,11,13-14H2,1-2H3. The van der Waals surface area contributed by atoms with Gasteiger partial charge in [0.15, 0.2) is 5.78 Å². The molecule has 134 valence electrons. The Labute approximate surface area is 155 Å². The molecule has 1 aromatic carbocycles. The predicted octanol–water partition coefficient (Wildman–Crippen LogP) is 4.54. The second-order valence-electron chi connectivity index (χ2n) is 9.28. The molecule has 2 saturated heterocycles. The molecule has 0 N–H and O–H groups in total. The van der Waals surface area contributed by atoms with Gasteiger partial charge in [0, 0.05) is 23.2 Å². The maximum absolute atomic E-state index is 13.3. The van der Waals surface area contributed by atoms with E-state index < -0.39 is 5.41 Å². The van der Waals surface area contributed by atoms with Crippen molar-refractivity contribution in [1.29, 1.82) is 5.26 Å². The molecule has 2 saturated carbocycles. The molecule has 26 heavy (non-hydrogen) atoms. The molecule has 0 radical (unpaired) electrons. The molecule has 6 rings (SSSR count). The second-order valence-corrected chi connectivity index (χ2v) is 9.28. The fourth-order valence-electron chi connectivity index (χ4n) is 7.01. The van der Waals surface area contributed by atoms with E-state index in [1.54, 1.807) is 0 Å². The van der Waals surface area contributed by atoms with Gasteiger partial charge in [0.05, 0.1) is 17.8 Å². The van der Waals surface area contributed by atoms with Crippen molar-refractivity contribution >= 4 is 11.4 Å². The summed E-state index contributed by atoms with van der Waals surface area (Å²) in [4.78, 5) is 13.3. The number of carbonyl (C=O) groups is 1. The van der Waals surface area contributed by atoms with Gasteiger partial charge in [0.2, 0.25) is 0 Å². The van der Waals surface area contributed by atoms with Crippen LogP contribution in [0.15, 0.2) is 36.4 Å². The second kappa shape index (κ2) is 5.08. The molecule has 6 atom stereocenters. The van der Waals surface area contributed by atoms with E-state index in [9.17, 15) is 4.79 Å². The highest BCUT2D eigenvalue weighted by molar-refractivity contribution is 6.04. The summed E-state index contributed by atoms with van der Waals surface area (Å²) in [6, 6.07) is 12.7. The van der Waals surface area contributed by atoms with Crippen LogP contribution in [0.3, 0.4) is 0 Å². The summed E-state index contributed by atoms with van der Waals surface area (Å²) < 4.78 is 6.55. The number of benzene rings is 1. The average molecular weight is 347 g/mol. The first kappa shape index (κ1) is 16.3. The van der Waals surface area contributed by atoms with Gasteiger partial charge in [-0.05, 0) is 55.7 Å². The van der Waals surface area contributed by atoms with E-state index >= 15 is 0 Å². The Hall–Kier alpha value is -1.92. The summed E-state index contributed by atoms with van der Waals surface area (Å²) >= 11 is 0. The monoisotopic (exact) mass is 347 g/mol. The number of nitriles is 1. The fourth-order valence-corrected chi connectivity index (χ4v) is 7.01. The van der Waals surface area contributed by atoms with Crippen LogP contribution in [0.5, 0.6) is 0 Å². The van der Waals surface area contributed by atoms with Crippen molar-refractivity contribution in [2.75, 3.05) is 0 Å². The molecule has 3 heteroatoms. The molecule has 2 aliphatic heterocycles. The van der Waals surface area contributed by atoms with Gasteiger partial charge in [-0.1, -0.05) is 37.3 Å². The number of carbonyl (C=O) groups excluding carboxylic acids is 1. The van der Waals surface area contributed by atoms with Gasteiger partial charge >= 0.3 is 0 Å². The van der Waals surface area contributed by atoms with E-state index in [4.69, 9.17) is 10.00 Å². The van der Waals surface area contributed by atoms with Gasteiger partial charge < -0.3 is 4.74 Å². The van der Waals surface area contributed by atoms with Crippen LogP contribution in [0.2, 0.25) is 0 Å². The van der Waals surface area contributed by atoms with Crippen LogP contribution in [-0.4, -0.2) is 17.5 Å². The lowest BCUT2D eigenvalue weighted by molar-refractivity contribution is -0.166. The van der Waals surface area contributed by atoms with Gasteiger partial charge in [-0.25, -0.2) is 0 Å². The van der Waals surface area contributed by atoms with Crippen LogP contribution < -0.4 is 0 Å². The Balaban J connectivity index is 1.71. The molecule has 4 fully saturated rings. The number of rotatable bonds is 3. The van der Waals surface area contributed by atoms with E-state index in [0.717, 1.165) is 19.3 Å². The summed E-state index contributed by atoms with van der Waals surface area (Å²) in [5.74, 6) is 0.956. The molecule has 5 aliphatic rings. The van der Waals surface area contributed by atoms with Gasteiger partial charge in [-0.3, -0.25) is 4.79 Å². The number of ketones is 1. The molecular weight excluding hydrogens is 322 g/mol. The Kier molecular flexibility index (Phi) is 3.18. The van der Waals surface area contributed by atoms with Crippen molar-refractivity contribution in [3.05, 3.63) is 42.0 Å². The molecule has 0 amide bonds. The van der Waals surface area contributed by atoms with Crippen molar-refractivity contribution in [2.24, 2.45) is 22.7 Å². The van der Waals surface area contributed by atoms with E-state index in [1.165, 1.54) is 11.1 Å². The molecule has 4 bridgehead atoms.